The normalized spacial score (nSPS) is 24.3. The Hall–Kier alpha value is -0.610. The van der Waals surface area contributed by atoms with E-state index in [1.807, 2.05) is 27.7 Å². The molecule has 1 saturated heterocycles. The number of aliphatic hydroxyl groups excluding tert-OH is 1. The van der Waals surface area contributed by atoms with E-state index in [4.69, 9.17) is 0 Å². The summed E-state index contributed by atoms with van der Waals surface area (Å²) in [7, 11) is 0. The molecule has 1 aliphatic rings. The summed E-state index contributed by atoms with van der Waals surface area (Å²) in [6.07, 6.45) is -0.344. The molecule has 1 heterocycles. The Morgan fingerprint density at radius 2 is 2.19 bits per heavy atom. The molecule has 0 bridgehead atoms. The Balaban J connectivity index is 2.55. The fourth-order valence-electron chi connectivity index (χ4n) is 2.03. The lowest BCUT2D eigenvalue weighted by Gasteiger charge is -2.36. The molecule has 0 aliphatic carbocycles. The minimum Gasteiger partial charge on any atom is -0.383 e. The summed E-state index contributed by atoms with van der Waals surface area (Å²) in [5.74, 6) is -0.121. The zero-order valence-electron chi connectivity index (χ0n) is 10.8. The fraction of sp³-hybridized carbons (Fsp3) is 0.917. The van der Waals surface area contributed by atoms with Gasteiger partial charge in [0.15, 0.2) is 0 Å². The minimum absolute atomic E-state index is 0.0215. The molecule has 0 unspecified atom stereocenters. The van der Waals surface area contributed by atoms with Crippen molar-refractivity contribution >= 4 is 5.91 Å². The van der Waals surface area contributed by atoms with Gasteiger partial charge < -0.3 is 15.3 Å². The number of amides is 1. The largest absolute Gasteiger partial charge is 0.383 e. The molecule has 94 valence electrons. The number of rotatable bonds is 2. The highest BCUT2D eigenvalue weighted by molar-refractivity contribution is 5.81. The van der Waals surface area contributed by atoms with Gasteiger partial charge in [-0.15, -0.1) is 0 Å². The van der Waals surface area contributed by atoms with E-state index in [0.717, 1.165) is 13.1 Å². The number of hydrogen-bond donors (Lipinski definition) is 2. The minimum atomic E-state index is -0.861. The number of aliphatic hydroxyl groups is 1. The number of nitrogens with one attached hydrogen (secondary N) is 1. The van der Waals surface area contributed by atoms with Crippen LogP contribution in [0, 0.1) is 5.41 Å². The molecule has 0 aromatic carbocycles. The summed E-state index contributed by atoms with van der Waals surface area (Å²) >= 11 is 0. The van der Waals surface area contributed by atoms with Gasteiger partial charge in [0.2, 0.25) is 0 Å². The maximum absolute atomic E-state index is 12.0. The van der Waals surface area contributed by atoms with Gasteiger partial charge in [0.1, 0.15) is 6.10 Å². The first-order chi connectivity index (χ1) is 7.31. The van der Waals surface area contributed by atoms with Gasteiger partial charge in [-0.05, 0) is 18.8 Å². The molecular weight excluding hydrogens is 204 g/mol. The molecule has 16 heavy (non-hydrogen) atoms. The van der Waals surface area contributed by atoms with Crippen LogP contribution in [0.5, 0.6) is 0 Å². The highest BCUT2D eigenvalue weighted by atomic mass is 16.3. The van der Waals surface area contributed by atoms with Crippen molar-refractivity contribution in [3.05, 3.63) is 0 Å². The maximum atomic E-state index is 12.0. The van der Waals surface area contributed by atoms with Crippen molar-refractivity contribution in [1.82, 2.24) is 10.2 Å². The molecule has 4 nitrogen and oxygen atoms in total. The van der Waals surface area contributed by atoms with Crippen LogP contribution in [0.1, 0.15) is 34.1 Å². The zero-order valence-corrected chi connectivity index (χ0v) is 10.8. The average Bonchev–Trinajstić information content (AvgIpc) is 2.15. The van der Waals surface area contributed by atoms with Crippen LogP contribution in [0.25, 0.3) is 0 Å². The lowest BCUT2D eigenvalue weighted by Crippen LogP contribution is -2.55. The van der Waals surface area contributed by atoms with Gasteiger partial charge in [0, 0.05) is 25.7 Å². The molecule has 2 atom stereocenters. The third-order valence-corrected chi connectivity index (χ3v) is 2.88. The van der Waals surface area contributed by atoms with Crippen molar-refractivity contribution in [2.24, 2.45) is 5.41 Å². The van der Waals surface area contributed by atoms with Gasteiger partial charge >= 0.3 is 0 Å². The monoisotopic (exact) mass is 228 g/mol. The topological polar surface area (TPSA) is 52.6 Å². The van der Waals surface area contributed by atoms with Gasteiger partial charge in [-0.1, -0.05) is 20.8 Å². The van der Waals surface area contributed by atoms with Crippen LogP contribution in [-0.2, 0) is 4.79 Å². The summed E-state index contributed by atoms with van der Waals surface area (Å²) in [4.78, 5) is 13.8. The predicted molar refractivity (Wildman–Crippen MR) is 64.1 cm³/mol. The molecular formula is C12H24N2O2. The van der Waals surface area contributed by atoms with Crippen LogP contribution >= 0.6 is 0 Å². The van der Waals surface area contributed by atoms with Gasteiger partial charge in [-0.25, -0.2) is 0 Å². The highest BCUT2D eigenvalue weighted by Gasteiger charge is 2.30. The number of piperazine rings is 1. The summed E-state index contributed by atoms with van der Waals surface area (Å²) in [5, 5.41) is 13.1. The average molecular weight is 228 g/mol. The smallest absolute Gasteiger partial charge is 0.251 e. The molecule has 1 amide bonds. The lowest BCUT2D eigenvalue weighted by atomic mass is 9.88. The van der Waals surface area contributed by atoms with E-state index in [-0.39, 0.29) is 17.4 Å². The van der Waals surface area contributed by atoms with Crippen molar-refractivity contribution in [1.29, 1.82) is 0 Å². The van der Waals surface area contributed by atoms with Crippen molar-refractivity contribution in [3.8, 4) is 0 Å². The number of carbonyl (C=O) groups excluding carboxylic acids is 1. The summed E-state index contributed by atoms with van der Waals surface area (Å²) < 4.78 is 0. The van der Waals surface area contributed by atoms with Crippen molar-refractivity contribution in [2.75, 3.05) is 19.6 Å². The van der Waals surface area contributed by atoms with E-state index in [2.05, 4.69) is 5.32 Å². The Kier molecular flexibility index (Phi) is 4.33. The maximum Gasteiger partial charge on any atom is 0.251 e. The second-order valence-corrected chi connectivity index (χ2v) is 5.87. The standard InChI is InChI=1S/C12H24N2O2/c1-9-8-13-5-6-14(9)11(16)10(15)7-12(2,3)4/h9-10,13,15H,5-8H2,1-4H3/t9-,10+/m0/s1. The van der Waals surface area contributed by atoms with Gasteiger partial charge in [-0.2, -0.15) is 0 Å². The Morgan fingerprint density at radius 3 is 2.69 bits per heavy atom. The van der Waals surface area contributed by atoms with Crippen LogP contribution in [0.3, 0.4) is 0 Å². The third-order valence-electron chi connectivity index (χ3n) is 2.88. The van der Waals surface area contributed by atoms with E-state index in [1.165, 1.54) is 0 Å². The van der Waals surface area contributed by atoms with Crippen LogP contribution in [0.4, 0.5) is 0 Å². The van der Waals surface area contributed by atoms with E-state index in [0.29, 0.717) is 13.0 Å². The zero-order chi connectivity index (χ0) is 12.3. The van der Waals surface area contributed by atoms with Gasteiger partial charge in [0.25, 0.3) is 5.91 Å². The van der Waals surface area contributed by atoms with E-state index in [1.54, 1.807) is 4.90 Å². The Labute approximate surface area is 98.0 Å². The van der Waals surface area contributed by atoms with E-state index < -0.39 is 6.10 Å². The molecule has 4 heteroatoms. The molecule has 2 N–H and O–H groups in total. The molecule has 0 aromatic heterocycles. The Bertz CT molecular complexity index is 248. The van der Waals surface area contributed by atoms with Crippen molar-refractivity contribution in [2.45, 2.75) is 46.3 Å². The van der Waals surface area contributed by atoms with Crippen molar-refractivity contribution < 1.29 is 9.90 Å². The van der Waals surface area contributed by atoms with Crippen LogP contribution in [-0.4, -0.2) is 47.7 Å². The first-order valence-electron chi connectivity index (χ1n) is 6.00. The van der Waals surface area contributed by atoms with Gasteiger partial charge in [0.05, 0.1) is 0 Å². The molecule has 1 aliphatic heterocycles. The molecule has 1 fully saturated rings. The third kappa shape index (κ3) is 3.76. The first-order valence-corrected chi connectivity index (χ1v) is 6.00. The summed E-state index contributed by atoms with van der Waals surface area (Å²) in [6, 6.07) is 0.177. The highest BCUT2D eigenvalue weighted by Crippen LogP contribution is 2.22. The quantitative estimate of drug-likeness (QED) is 0.728. The molecule has 0 aromatic rings. The number of hydrogen-bond acceptors (Lipinski definition) is 3. The van der Waals surface area contributed by atoms with Gasteiger partial charge in [-0.3, -0.25) is 4.79 Å². The lowest BCUT2D eigenvalue weighted by molar-refractivity contribution is -0.144. The van der Waals surface area contributed by atoms with E-state index in [9.17, 15) is 9.90 Å². The Morgan fingerprint density at radius 1 is 1.56 bits per heavy atom. The molecule has 1 rings (SSSR count). The second-order valence-electron chi connectivity index (χ2n) is 5.87. The molecule has 0 saturated carbocycles. The summed E-state index contributed by atoms with van der Waals surface area (Å²) in [6.45, 7) is 10.4. The fourth-order valence-corrected chi connectivity index (χ4v) is 2.03. The second kappa shape index (κ2) is 5.15. The van der Waals surface area contributed by atoms with Crippen molar-refractivity contribution in [3.63, 3.8) is 0 Å². The number of carbonyl (C=O) groups is 1. The van der Waals surface area contributed by atoms with E-state index >= 15 is 0 Å². The summed E-state index contributed by atoms with van der Waals surface area (Å²) in [5.41, 5.74) is -0.0215. The van der Waals surface area contributed by atoms with Crippen LogP contribution < -0.4 is 5.32 Å². The molecule has 0 spiro atoms. The van der Waals surface area contributed by atoms with Crippen LogP contribution in [0.15, 0.2) is 0 Å². The van der Waals surface area contributed by atoms with Crippen LogP contribution in [0.2, 0.25) is 0 Å². The number of nitrogens with zero attached hydrogens (tertiary/aromatic N) is 1. The first kappa shape index (κ1) is 13.5. The SMILES string of the molecule is C[C@H]1CNCCN1C(=O)[C@H](O)CC(C)(C)C. The predicted octanol–water partition coefficient (Wildman–Crippen LogP) is 0.604. The molecule has 0 radical (unpaired) electrons.